The van der Waals surface area contributed by atoms with E-state index >= 15 is 0 Å². The van der Waals surface area contributed by atoms with E-state index in [0.717, 1.165) is 68.3 Å². The lowest BCUT2D eigenvalue weighted by Gasteiger charge is -2.41. The number of hydrogen-bond donors (Lipinski definition) is 1. The molecule has 2 bridgehead atoms. The Morgan fingerprint density at radius 1 is 0.867 bits per heavy atom. The number of hydrogen-bond acceptors (Lipinski definition) is 4. The summed E-state index contributed by atoms with van der Waals surface area (Å²) in [5.41, 5.74) is 4.54. The minimum absolute atomic E-state index is 0.0736. The van der Waals surface area contributed by atoms with Crippen molar-refractivity contribution in [1.82, 2.24) is 19.7 Å². The second-order valence-corrected chi connectivity index (χ2v) is 13.7. The van der Waals surface area contributed by atoms with Crippen molar-refractivity contribution in [3.8, 4) is 0 Å². The molecule has 2 saturated heterocycles. The SMILES string of the molecule is CCc1cccc2c(C(=O)NCc3ccc(Cl)c(Cl)c3)cn(CCCN3C4CCC3CN(CC(=O)c3ccc(Cl)c(Cl)c3)C4)c12. The molecule has 0 spiro atoms. The standard InChI is InChI=1S/C35H36Cl4N4O2/c1-2-23-5-3-6-27-28(35(45)40-17-22-7-11-29(36)31(38)15-22)20-42(34(23)27)13-4-14-43-25-9-10-26(43)19-41(18-25)21-33(44)24-8-12-30(37)32(39)16-24/h3,5-8,11-12,15-16,20,25-26H,2,4,9-10,13-14,17-19,21H2,1H3,(H,40,45). The van der Waals surface area contributed by atoms with Gasteiger partial charge < -0.3 is 9.88 Å². The van der Waals surface area contributed by atoms with Crippen LogP contribution in [0.15, 0.2) is 60.8 Å². The summed E-state index contributed by atoms with van der Waals surface area (Å²) in [6.45, 7) is 6.49. The lowest BCUT2D eigenvalue weighted by atomic mass is 10.1. The highest BCUT2D eigenvalue weighted by atomic mass is 35.5. The van der Waals surface area contributed by atoms with E-state index < -0.39 is 0 Å². The van der Waals surface area contributed by atoms with E-state index in [-0.39, 0.29) is 11.7 Å². The maximum absolute atomic E-state index is 13.4. The predicted octanol–water partition coefficient (Wildman–Crippen LogP) is 8.17. The number of piperazine rings is 1. The van der Waals surface area contributed by atoms with E-state index in [1.165, 1.54) is 5.56 Å². The average Bonchev–Trinajstić information content (AvgIpc) is 3.52. The number of para-hydroxylation sites is 1. The highest BCUT2D eigenvalue weighted by molar-refractivity contribution is 6.42. The number of carbonyl (C=O) groups excluding carboxylic acids is 2. The molecule has 4 aromatic rings. The Morgan fingerprint density at radius 2 is 1.58 bits per heavy atom. The van der Waals surface area contributed by atoms with Crippen LogP contribution in [0.4, 0.5) is 0 Å². The summed E-state index contributed by atoms with van der Waals surface area (Å²) >= 11 is 24.4. The molecule has 3 aromatic carbocycles. The molecule has 6 nitrogen and oxygen atoms in total. The maximum Gasteiger partial charge on any atom is 0.253 e. The second-order valence-electron chi connectivity index (χ2n) is 12.1. The Labute approximate surface area is 284 Å². The van der Waals surface area contributed by atoms with E-state index in [9.17, 15) is 9.59 Å². The summed E-state index contributed by atoms with van der Waals surface area (Å²) in [7, 11) is 0. The number of nitrogens with one attached hydrogen (secondary N) is 1. The fraction of sp³-hybridized carbons (Fsp3) is 0.371. The Balaban J connectivity index is 1.09. The van der Waals surface area contributed by atoms with Gasteiger partial charge in [0.05, 0.1) is 37.7 Å². The zero-order valence-electron chi connectivity index (χ0n) is 25.2. The minimum Gasteiger partial charge on any atom is -0.348 e. The molecule has 2 unspecified atom stereocenters. The number of likely N-dealkylation sites (tertiary alicyclic amines) is 1. The van der Waals surface area contributed by atoms with Gasteiger partial charge in [-0.2, -0.15) is 0 Å². The molecule has 1 amide bonds. The molecular weight excluding hydrogens is 650 g/mol. The quantitative estimate of drug-likeness (QED) is 0.162. The summed E-state index contributed by atoms with van der Waals surface area (Å²) in [4.78, 5) is 31.3. The van der Waals surface area contributed by atoms with Crippen molar-refractivity contribution in [2.45, 2.75) is 57.8 Å². The third-order valence-corrected chi connectivity index (χ3v) is 10.7. The number of benzene rings is 3. The first kappa shape index (κ1) is 32.4. The van der Waals surface area contributed by atoms with Crippen LogP contribution in [-0.2, 0) is 19.5 Å². The van der Waals surface area contributed by atoms with Crippen molar-refractivity contribution >= 4 is 69.0 Å². The van der Waals surface area contributed by atoms with Crippen LogP contribution in [0.3, 0.4) is 0 Å². The second kappa shape index (κ2) is 14.0. The van der Waals surface area contributed by atoms with Gasteiger partial charge in [-0.05, 0) is 67.1 Å². The normalized spacial score (nSPS) is 18.5. The molecule has 1 N–H and O–H groups in total. The highest BCUT2D eigenvalue weighted by Gasteiger charge is 2.39. The molecular formula is C35H36Cl4N4O2. The van der Waals surface area contributed by atoms with Crippen molar-refractivity contribution in [3.05, 3.63) is 103 Å². The van der Waals surface area contributed by atoms with Crippen LogP contribution in [0.25, 0.3) is 10.9 Å². The van der Waals surface area contributed by atoms with E-state index in [0.29, 0.717) is 56.4 Å². The fourth-order valence-corrected chi connectivity index (χ4v) is 7.59. The van der Waals surface area contributed by atoms with Gasteiger partial charge in [-0.25, -0.2) is 0 Å². The molecule has 1 aromatic heterocycles. The molecule has 2 fully saturated rings. The molecule has 2 aliphatic heterocycles. The van der Waals surface area contributed by atoms with Crippen molar-refractivity contribution in [2.75, 3.05) is 26.2 Å². The van der Waals surface area contributed by atoms with Gasteiger partial charge >= 0.3 is 0 Å². The third-order valence-electron chi connectivity index (χ3n) is 9.18. The third kappa shape index (κ3) is 7.07. The number of amides is 1. The Bertz CT molecular complexity index is 1720. The molecule has 0 radical (unpaired) electrons. The van der Waals surface area contributed by atoms with E-state index in [4.69, 9.17) is 46.4 Å². The molecule has 2 aliphatic rings. The number of nitrogens with zero attached hydrogens (tertiary/aromatic N) is 3. The molecule has 10 heteroatoms. The van der Waals surface area contributed by atoms with Gasteiger partial charge in [0.1, 0.15) is 0 Å². The van der Waals surface area contributed by atoms with Crippen LogP contribution in [0.5, 0.6) is 0 Å². The fourth-order valence-electron chi connectivity index (χ4n) is 6.97. The number of fused-ring (bicyclic) bond motifs is 3. The lowest BCUT2D eigenvalue weighted by Crippen LogP contribution is -2.54. The maximum atomic E-state index is 13.4. The smallest absolute Gasteiger partial charge is 0.253 e. The summed E-state index contributed by atoms with van der Waals surface area (Å²) in [5, 5.41) is 5.86. The van der Waals surface area contributed by atoms with Gasteiger partial charge in [0.2, 0.25) is 0 Å². The molecule has 3 heterocycles. The highest BCUT2D eigenvalue weighted by Crippen LogP contribution is 2.32. The van der Waals surface area contributed by atoms with Gasteiger partial charge in [0.15, 0.2) is 5.78 Å². The number of rotatable bonds is 11. The molecule has 0 aliphatic carbocycles. The van der Waals surface area contributed by atoms with E-state index in [1.54, 1.807) is 30.3 Å². The predicted molar refractivity (Wildman–Crippen MR) is 184 cm³/mol. The van der Waals surface area contributed by atoms with Gasteiger partial charge in [0, 0.05) is 62.0 Å². The van der Waals surface area contributed by atoms with Crippen LogP contribution in [0, 0.1) is 0 Å². The Kier molecular flexibility index (Phi) is 10.1. The van der Waals surface area contributed by atoms with Gasteiger partial charge in [-0.1, -0.05) is 77.6 Å². The number of halogens is 4. The van der Waals surface area contributed by atoms with E-state index in [2.05, 4.69) is 32.7 Å². The van der Waals surface area contributed by atoms with Crippen LogP contribution >= 0.6 is 46.4 Å². The van der Waals surface area contributed by atoms with Gasteiger partial charge in [0.25, 0.3) is 5.91 Å². The van der Waals surface area contributed by atoms with Crippen molar-refractivity contribution in [3.63, 3.8) is 0 Å². The van der Waals surface area contributed by atoms with E-state index in [1.807, 2.05) is 24.4 Å². The first-order valence-electron chi connectivity index (χ1n) is 15.5. The number of Topliss-reactive ketones (excluding diaryl/α,β-unsaturated/α-hetero) is 1. The summed E-state index contributed by atoms with van der Waals surface area (Å²) in [6, 6.07) is 17.6. The number of carbonyl (C=O) groups is 2. The van der Waals surface area contributed by atoms with Crippen molar-refractivity contribution in [2.24, 2.45) is 0 Å². The monoisotopic (exact) mass is 684 g/mol. The topological polar surface area (TPSA) is 57.6 Å². The zero-order valence-corrected chi connectivity index (χ0v) is 28.2. The van der Waals surface area contributed by atoms with Crippen LogP contribution in [0.2, 0.25) is 20.1 Å². The van der Waals surface area contributed by atoms with Crippen molar-refractivity contribution < 1.29 is 9.59 Å². The van der Waals surface area contributed by atoms with Gasteiger partial charge in [-0.15, -0.1) is 0 Å². The average molecular weight is 687 g/mol. The molecule has 2 atom stereocenters. The Morgan fingerprint density at radius 3 is 2.27 bits per heavy atom. The minimum atomic E-state index is -0.109. The summed E-state index contributed by atoms with van der Waals surface area (Å²) in [6.07, 6.45) is 6.17. The number of aromatic nitrogens is 1. The largest absolute Gasteiger partial charge is 0.348 e. The molecule has 6 rings (SSSR count). The van der Waals surface area contributed by atoms with Crippen LogP contribution in [0.1, 0.15) is 58.0 Å². The molecule has 236 valence electrons. The van der Waals surface area contributed by atoms with Crippen LogP contribution in [-0.4, -0.2) is 64.3 Å². The van der Waals surface area contributed by atoms with Crippen LogP contribution < -0.4 is 5.32 Å². The number of aryl methyl sites for hydroxylation is 2. The first-order valence-corrected chi connectivity index (χ1v) is 17.0. The van der Waals surface area contributed by atoms with Crippen molar-refractivity contribution in [1.29, 1.82) is 0 Å². The number of ketones is 1. The van der Waals surface area contributed by atoms with Gasteiger partial charge in [-0.3, -0.25) is 19.4 Å². The Hall–Kier alpha value is -2.58. The molecule has 0 saturated carbocycles. The summed E-state index contributed by atoms with van der Waals surface area (Å²) < 4.78 is 2.26. The summed E-state index contributed by atoms with van der Waals surface area (Å²) in [5.74, 6) is -0.0351. The zero-order chi connectivity index (χ0) is 31.7. The lowest BCUT2D eigenvalue weighted by molar-refractivity contribution is 0.0588. The first-order chi connectivity index (χ1) is 21.7. The molecule has 45 heavy (non-hydrogen) atoms.